The van der Waals surface area contributed by atoms with Crippen LogP contribution < -0.4 is 15.8 Å². The van der Waals surface area contributed by atoms with Crippen LogP contribution in [-0.2, 0) is 6.54 Å². The number of ether oxygens (including phenoxy) is 1. The van der Waals surface area contributed by atoms with E-state index in [4.69, 9.17) is 5.73 Å². The predicted molar refractivity (Wildman–Crippen MR) is 66.7 cm³/mol. The van der Waals surface area contributed by atoms with Crippen molar-refractivity contribution in [1.82, 2.24) is 5.32 Å². The molecular formula is C12H17F2N3O. The number of hydrogen-bond donors (Lipinski definition) is 2. The van der Waals surface area contributed by atoms with Crippen molar-refractivity contribution in [3.63, 3.8) is 0 Å². The molecule has 0 aromatic heterocycles. The van der Waals surface area contributed by atoms with Crippen molar-refractivity contribution in [3.05, 3.63) is 29.8 Å². The number of hydrogen-bond acceptors (Lipinski definition) is 2. The molecule has 0 spiro atoms. The molecule has 0 atom stereocenters. The van der Waals surface area contributed by atoms with Crippen LogP contribution in [0.25, 0.3) is 0 Å². The summed E-state index contributed by atoms with van der Waals surface area (Å²) in [5.41, 5.74) is 6.37. The maximum absolute atomic E-state index is 12.0. The number of alkyl halides is 2. The number of guanidine groups is 1. The van der Waals surface area contributed by atoms with Crippen molar-refractivity contribution in [2.45, 2.75) is 26.5 Å². The molecule has 0 saturated heterocycles. The van der Waals surface area contributed by atoms with E-state index in [2.05, 4.69) is 15.0 Å². The number of halogens is 2. The van der Waals surface area contributed by atoms with Crippen molar-refractivity contribution >= 4 is 5.96 Å². The summed E-state index contributed by atoms with van der Waals surface area (Å²) in [5.74, 6) is 0.467. The summed E-state index contributed by atoms with van der Waals surface area (Å²) in [6.07, 6.45) is 0.952. The van der Waals surface area contributed by atoms with E-state index < -0.39 is 6.61 Å². The first kappa shape index (κ1) is 14.2. The zero-order valence-electron chi connectivity index (χ0n) is 10.2. The first-order chi connectivity index (χ1) is 8.61. The van der Waals surface area contributed by atoms with Crippen LogP contribution in [0.3, 0.4) is 0 Å². The highest BCUT2D eigenvalue weighted by atomic mass is 19.3. The fraction of sp³-hybridized carbons (Fsp3) is 0.417. The van der Waals surface area contributed by atoms with Gasteiger partial charge in [-0.1, -0.05) is 19.1 Å². The Morgan fingerprint density at radius 3 is 2.94 bits per heavy atom. The highest BCUT2D eigenvalue weighted by Crippen LogP contribution is 2.16. The molecule has 0 radical (unpaired) electrons. The topological polar surface area (TPSA) is 59.6 Å². The fourth-order valence-corrected chi connectivity index (χ4v) is 1.31. The molecular weight excluding hydrogens is 240 g/mol. The van der Waals surface area contributed by atoms with Crippen LogP contribution in [0.15, 0.2) is 29.3 Å². The lowest BCUT2D eigenvalue weighted by Gasteiger charge is -2.06. The molecule has 0 heterocycles. The van der Waals surface area contributed by atoms with Crippen LogP contribution in [0.4, 0.5) is 8.78 Å². The van der Waals surface area contributed by atoms with Gasteiger partial charge in [0.25, 0.3) is 0 Å². The second-order valence-electron chi connectivity index (χ2n) is 3.65. The van der Waals surface area contributed by atoms with Gasteiger partial charge in [0.2, 0.25) is 0 Å². The van der Waals surface area contributed by atoms with E-state index in [1.807, 2.05) is 6.92 Å². The van der Waals surface area contributed by atoms with Crippen molar-refractivity contribution in [2.24, 2.45) is 10.7 Å². The van der Waals surface area contributed by atoms with Crippen LogP contribution >= 0.6 is 0 Å². The average Bonchev–Trinajstić information content (AvgIpc) is 2.33. The molecule has 1 rings (SSSR count). The Hall–Kier alpha value is -1.85. The maximum atomic E-state index is 12.0. The highest BCUT2D eigenvalue weighted by molar-refractivity contribution is 5.77. The molecule has 1 aromatic carbocycles. The van der Waals surface area contributed by atoms with Gasteiger partial charge < -0.3 is 15.8 Å². The Kier molecular flexibility index (Phi) is 5.90. The van der Waals surface area contributed by atoms with Crippen molar-refractivity contribution < 1.29 is 13.5 Å². The quantitative estimate of drug-likeness (QED) is 0.606. The Morgan fingerprint density at radius 1 is 1.50 bits per heavy atom. The standard InChI is InChI=1S/C12H17F2N3O/c1-2-6-16-12(15)17-8-9-4-3-5-10(7-9)18-11(13)14/h3-5,7,11H,2,6,8H2,1H3,(H3,15,16,17). The first-order valence-electron chi connectivity index (χ1n) is 5.69. The van der Waals surface area contributed by atoms with Gasteiger partial charge in [-0.2, -0.15) is 8.78 Å². The molecule has 0 aliphatic rings. The average molecular weight is 257 g/mol. The molecule has 0 aliphatic carbocycles. The van der Waals surface area contributed by atoms with E-state index in [0.29, 0.717) is 12.5 Å². The Morgan fingerprint density at radius 2 is 2.28 bits per heavy atom. The molecule has 4 nitrogen and oxygen atoms in total. The van der Waals surface area contributed by atoms with Gasteiger partial charge in [0.05, 0.1) is 6.54 Å². The summed E-state index contributed by atoms with van der Waals surface area (Å²) >= 11 is 0. The molecule has 1 aromatic rings. The molecule has 0 fully saturated rings. The van der Waals surface area contributed by atoms with Gasteiger partial charge in [-0.05, 0) is 24.1 Å². The van der Waals surface area contributed by atoms with E-state index >= 15 is 0 Å². The van der Waals surface area contributed by atoms with Crippen molar-refractivity contribution in [3.8, 4) is 5.75 Å². The van der Waals surface area contributed by atoms with Crippen LogP contribution in [0.1, 0.15) is 18.9 Å². The van der Waals surface area contributed by atoms with E-state index in [-0.39, 0.29) is 5.75 Å². The van der Waals surface area contributed by atoms with E-state index in [0.717, 1.165) is 18.5 Å². The number of rotatable bonds is 6. The Labute approximate surface area is 105 Å². The molecule has 100 valence electrons. The molecule has 18 heavy (non-hydrogen) atoms. The minimum absolute atomic E-state index is 0.123. The first-order valence-corrected chi connectivity index (χ1v) is 5.69. The van der Waals surface area contributed by atoms with Gasteiger partial charge in [0, 0.05) is 6.54 Å². The minimum Gasteiger partial charge on any atom is -0.435 e. The van der Waals surface area contributed by atoms with Crippen molar-refractivity contribution in [1.29, 1.82) is 0 Å². The van der Waals surface area contributed by atoms with E-state index in [1.54, 1.807) is 12.1 Å². The number of nitrogens with one attached hydrogen (secondary N) is 1. The van der Waals surface area contributed by atoms with Gasteiger partial charge >= 0.3 is 6.61 Å². The Balaban J connectivity index is 2.56. The largest absolute Gasteiger partial charge is 0.435 e. The summed E-state index contributed by atoms with van der Waals surface area (Å²) in [6.45, 7) is 0.276. The van der Waals surface area contributed by atoms with E-state index in [1.165, 1.54) is 12.1 Å². The minimum atomic E-state index is -2.82. The molecule has 3 N–H and O–H groups in total. The lowest BCUT2D eigenvalue weighted by Crippen LogP contribution is -2.32. The lowest BCUT2D eigenvalue weighted by atomic mass is 10.2. The third kappa shape index (κ3) is 5.47. The van der Waals surface area contributed by atoms with Gasteiger partial charge in [-0.25, -0.2) is 4.99 Å². The molecule has 0 saturated carbocycles. The summed E-state index contributed by atoms with van der Waals surface area (Å²) in [4.78, 5) is 4.09. The zero-order valence-corrected chi connectivity index (χ0v) is 10.2. The number of benzene rings is 1. The fourth-order valence-electron chi connectivity index (χ4n) is 1.31. The summed E-state index contributed by atoms with van der Waals surface area (Å²) in [6, 6.07) is 6.40. The van der Waals surface area contributed by atoms with E-state index in [9.17, 15) is 8.78 Å². The van der Waals surface area contributed by atoms with Gasteiger partial charge in [-0.15, -0.1) is 0 Å². The number of nitrogens with two attached hydrogens (primary N) is 1. The van der Waals surface area contributed by atoms with Crippen LogP contribution in [-0.4, -0.2) is 19.1 Å². The van der Waals surface area contributed by atoms with Crippen molar-refractivity contribution in [2.75, 3.05) is 6.54 Å². The molecule has 0 aliphatic heterocycles. The van der Waals surface area contributed by atoms with Gasteiger partial charge in [-0.3, -0.25) is 0 Å². The van der Waals surface area contributed by atoms with Crippen LogP contribution in [0.5, 0.6) is 5.75 Å². The van der Waals surface area contributed by atoms with Crippen LogP contribution in [0, 0.1) is 0 Å². The second kappa shape index (κ2) is 7.47. The zero-order chi connectivity index (χ0) is 13.4. The molecule has 0 bridgehead atoms. The summed E-state index contributed by atoms with van der Waals surface area (Å²) in [7, 11) is 0. The molecule has 0 amide bonds. The highest BCUT2D eigenvalue weighted by Gasteiger charge is 2.04. The third-order valence-corrected chi connectivity index (χ3v) is 2.11. The number of aliphatic imine (C=N–C) groups is 1. The molecule has 6 heteroatoms. The number of nitrogens with zero attached hydrogens (tertiary/aromatic N) is 1. The SMILES string of the molecule is CCCNC(N)=NCc1cccc(OC(F)F)c1. The summed E-state index contributed by atoms with van der Waals surface area (Å²) in [5, 5.41) is 2.93. The molecule has 0 unspecified atom stereocenters. The third-order valence-electron chi connectivity index (χ3n) is 2.11. The second-order valence-corrected chi connectivity index (χ2v) is 3.65. The predicted octanol–water partition coefficient (Wildman–Crippen LogP) is 2.10. The smallest absolute Gasteiger partial charge is 0.387 e. The lowest BCUT2D eigenvalue weighted by molar-refractivity contribution is -0.0498. The van der Waals surface area contributed by atoms with Gasteiger partial charge in [0.1, 0.15) is 5.75 Å². The van der Waals surface area contributed by atoms with Gasteiger partial charge in [0.15, 0.2) is 5.96 Å². The maximum Gasteiger partial charge on any atom is 0.387 e. The monoisotopic (exact) mass is 257 g/mol. The Bertz CT molecular complexity index is 397. The summed E-state index contributed by atoms with van der Waals surface area (Å²) < 4.78 is 28.3. The van der Waals surface area contributed by atoms with Crippen LogP contribution in [0.2, 0.25) is 0 Å². The normalized spacial score (nSPS) is 11.7.